The molecule has 0 aromatic carbocycles. The molecule has 1 aromatic rings. The molecule has 6 heteroatoms. The summed E-state index contributed by atoms with van der Waals surface area (Å²) in [7, 11) is 1.67. The van der Waals surface area contributed by atoms with Crippen molar-refractivity contribution >= 4 is 5.97 Å². The zero-order valence-corrected chi connectivity index (χ0v) is 12.6. The highest BCUT2D eigenvalue weighted by Gasteiger charge is 2.36. The van der Waals surface area contributed by atoms with E-state index in [2.05, 4.69) is 10.1 Å². The van der Waals surface area contributed by atoms with E-state index in [9.17, 15) is 9.90 Å². The maximum Gasteiger partial charge on any atom is 0.303 e. The van der Waals surface area contributed by atoms with Crippen LogP contribution in [0.1, 0.15) is 56.7 Å². The smallest absolute Gasteiger partial charge is 0.303 e. The molecule has 21 heavy (non-hydrogen) atoms. The summed E-state index contributed by atoms with van der Waals surface area (Å²) in [5.41, 5.74) is -0.208. The summed E-state index contributed by atoms with van der Waals surface area (Å²) in [5, 5.41) is 13.2. The molecule has 1 heterocycles. The molecule has 0 aliphatic heterocycles. The summed E-state index contributed by atoms with van der Waals surface area (Å²) in [4.78, 5) is 15.6. The van der Waals surface area contributed by atoms with Gasteiger partial charge in [0.1, 0.15) is 0 Å². The molecule has 0 spiro atoms. The van der Waals surface area contributed by atoms with Gasteiger partial charge in [0, 0.05) is 26.6 Å². The van der Waals surface area contributed by atoms with Crippen molar-refractivity contribution < 1.29 is 19.2 Å². The van der Waals surface area contributed by atoms with E-state index in [0.717, 1.165) is 38.5 Å². The Balaban J connectivity index is 1.98. The third kappa shape index (κ3) is 4.81. The standard InChI is InChI=1S/C15H24N2O4/c1-20-9-5-6-12-16-13(21-17-12)10-15(11-14(18)19)7-3-2-4-8-15/h2-11H2,1H3,(H,18,19). The summed E-state index contributed by atoms with van der Waals surface area (Å²) in [6, 6.07) is 0. The Bertz CT molecular complexity index is 452. The fraction of sp³-hybridized carbons (Fsp3) is 0.800. The molecule has 0 atom stereocenters. The van der Waals surface area contributed by atoms with Crippen molar-refractivity contribution in [1.82, 2.24) is 10.1 Å². The van der Waals surface area contributed by atoms with Crippen molar-refractivity contribution in [3.63, 3.8) is 0 Å². The van der Waals surface area contributed by atoms with Gasteiger partial charge < -0.3 is 14.4 Å². The van der Waals surface area contributed by atoms with Crippen LogP contribution in [0.3, 0.4) is 0 Å². The van der Waals surface area contributed by atoms with E-state index in [1.807, 2.05) is 0 Å². The molecule has 0 radical (unpaired) electrons. The Kier molecular flexibility index (Phi) is 5.73. The van der Waals surface area contributed by atoms with E-state index in [4.69, 9.17) is 9.26 Å². The SMILES string of the molecule is COCCCc1noc(CC2(CC(=O)O)CCCCC2)n1. The molecule has 1 saturated carbocycles. The van der Waals surface area contributed by atoms with Crippen molar-refractivity contribution in [3.05, 3.63) is 11.7 Å². The second-order valence-corrected chi connectivity index (χ2v) is 6.01. The lowest BCUT2D eigenvalue weighted by Gasteiger charge is -2.34. The Hall–Kier alpha value is -1.43. The van der Waals surface area contributed by atoms with Gasteiger partial charge in [-0.3, -0.25) is 4.79 Å². The molecular formula is C15H24N2O4. The van der Waals surface area contributed by atoms with Gasteiger partial charge in [-0.2, -0.15) is 4.98 Å². The zero-order chi connectivity index (χ0) is 15.1. The first-order chi connectivity index (χ1) is 10.1. The minimum Gasteiger partial charge on any atom is -0.481 e. The first kappa shape index (κ1) is 15.9. The Morgan fingerprint density at radius 1 is 1.38 bits per heavy atom. The number of ether oxygens (including phenoxy) is 1. The topological polar surface area (TPSA) is 85.5 Å². The number of aryl methyl sites for hydroxylation is 1. The number of methoxy groups -OCH3 is 1. The largest absolute Gasteiger partial charge is 0.481 e. The molecule has 0 unspecified atom stereocenters. The lowest BCUT2D eigenvalue weighted by Crippen LogP contribution is -2.29. The van der Waals surface area contributed by atoms with Gasteiger partial charge in [-0.05, 0) is 24.7 Å². The molecule has 1 N–H and O–H groups in total. The minimum absolute atomic E-state index is 0.189. The maximum atomic E-state index is 11.2. The highest BCUT2D eigenvalue weighted by Crippen LogP contribution is 2.41. The van der Waals surface area contributed by atoms with E-state index in [-0.39, 0.29) is 11.8 Å². The Morgan fingerprint density at radius 3 is 2.81 bits per heavy atom. The van der Waals surface area contributed by atoms with Crippen molar-refractivity contribution in [2.24, 2.45) is 5.41 Å². The fourth-order valence-corrected chi connectivity index (χ4v) is 3.20. The van der Waals surface area contributed by atoms with E-state index in [0.29, 0.717) is 24.7 Å². The number of carboxylic acid groups (broad SMARTS) is 1. The average molecular weight is 296 g/mol. The first-order valence-electron chi connectivity index (χ1n) is 7.66. The molecule has 0 bridgehead atoms. The van der Waals surface area contributed by atoms with Gasteiger partial charge in [-0.15, -0.1) is 0 Å². The van der Waals surface area contributed by atoms with Crippen LogP contribution in [-0.4, -0.2) is 34.9 Å². The van der Waals surface area contributed by atoms with Crippen LogP contribution in [0.2, 0.25) is 0 Å². The average Bonchev–Trinajstić information content (AvgIpc) is 2.86. The second-order valence-electron chi connectivity index (χ2n) is 6.01. The number of rotatable bonds is 8. The van der Waals surface area contributed by atoms with Gasteiger partial charge >= 0.3 is 5.97 Å². The molecule has 6 nitrogen and oxygen atoms in total. The summed E-state index contributed by atoms with van der Waals surface area (Å²) in [6.45, 7) is 0.673. The third-order valence-electron chi connectivity index (χ3n) is 4.23. The van der Waals surface area contributed by atoms with Crippen LogP contribution in [0.25, 0.3) is 0 Å². The summed E-state index contributed by atoms with van der Waals surface area (Å²) in [5.74, 6) is 0.519. The number of hydrogen-bond donors (Lipinski definition) is 1. The quantitative estimate of drug-likeness (QED) is 0.742. The van der Waals surface area contributed by atoms with Gasteiger partial charge in [-0.25, -0.2) is 0 Å². The maximum absolute atomic E-state index is 11.2. The minimum atomic E-state index is -0.739. The number of aliphatic carboxylic acids is 1. The van der Waals surface area contributed by atoms with Crippen LogP contribution >= 0.6 is 0 Å². The van der Waals surface area contributed by atoms with Gasteiger partial charge in [0.05, 0.1) is 6.42 Å². The lowest BCUT2D eigenvalue weighted by atomic mass is 9.69. The van der Waals surface area contributed by atoms with Crippen molar-refractivity contribution in [1.29, 1.82) is 0 Å². The summed E-state index contributed by atoms with van der Waals surface area (Å²) in [6.07, 6.45) is 7.57. The monoisotopic (exact) mass is 296 g/mol. The number of carbonyl (C=O) groups is 1. The molecule has 1 aromatic heterocycles. The molecular weight excluding hydrogens is 272 g/mol. The van der Waals surface area contributed by atoms with Gasteiger partial charge in [0.15, 0.2) is 5.82 Å². The fourth-order valence-electron chi connectivity index (χ4n) is 3.20. The molecule has 0 saturated heterocycles. The number of nitrogens with zero attached hydrogens (tertiary/aromatic N) is 2. The predicted octanol–water partition coefficient (Wildman–Crippen LogP) is 2.62. The molecule has 0 amide bonds. The first-order valence-corrected chi connectivity index (χ1v) is 7.66. The van der Waals surface area contributed by atoms with E-state index in [1.165, 1.54) is 6.42 Å². The van der Waals surface area contributed by atoms with Crippen LogP contribution in [0.5, 0.6) is 0 Å². The Morgan fingerprint density at radius 2 is 2.14 bits per heavy atom. The number of carboxylic acids is 1. The van der Waals surface area contributed by atoms with Crippen molar-refractivity contribution in [2.45, 2.75) is 57.8 Å². The molecule has 1 fully saturated rings. The highest BCUT2D eigenvalue weighted by atomic mass is 16.5. The lowest BCUT2D eigenvalue weighted by molar-refractivity contribution is -0.140. The second kappa shape index (κ2) is 7.54. The predicted molar refractivity (Wildman–Crippen MR) is 76.0 cm³/mol. The normalized spacial score (nSPS) is 17.8. The van der Waals surface area contributed by atoms with Crippen molar-refractivity contribution in [3.8, 4) is 0 Å². The summed E-state index contributed by atoms with van der Waals surface area (Å²) < 4.78 is 10.3. The Labute approximate surface area is 124 Å². The van der Waals surface area contributed by atoms with E-state index < -0.39 is 5.97 Å². The van der Waals surface area contributed by atoms with Gasteiger partial charge in [0.2, 0.25) is 5.89 Å². The van der Waals surface area contributed by atoms with Crippen LogP contribution < -0.4 is 0 Å². The molecule has 118 valence electrons. The van der Waals surface area contributed by atoms with Crippen LogP contribution in [0.4, 0.5) is 0 Å². The molecule has 1 aliphatic rings. The number of hydrogen-bond acceptors (Lipinski definition) is 5. The summed E-state index contributed by atoms with van der Waals surface area (Å²) >= 11 is 0. The molecule has 1 aliphatic carbocycles. The molecule has 2 rings (SSSR count). The highest BCUT2D eigenvalue weighted by molar-refractivity contribution is 5.67. The zero-order valence-electron chi connectivity index (χ0n) is 12.6. The van der Waals surface area contributed by atoms with Crippen molar-refractivity contribution in [2.75, 3.05) is 13.7 Å². The van der Waals surface area contributed by atoms with Crippen LogP contribution in [0.15, 0.2) is 4.52 Å². The van der Waals surface area contributed by atoms with E-state index >= 15 is 0 Å². The number of aromatic nitrogens is 2. The third-order valence-corrected chi connectivity index (χ3v) is 4.23. The van der Waals surface area contributed by atoms with Gasteiger partial charge in [0.25, 0.3) is 0 Å². The van der Waals surface area contributed by atoms with Crippen LogP contribution in [-0.2, 0) is 22.4 Å². The van der Waals surface area contributed by atoms with Gasteiger partial charge in [-0.1, -0.05) is 24.4 Å². The van der Waals surface area contributed by atoms with Crippen LogP contribution in [0, 0.1) is 5.41 Å². The van der Waals surface area contributed by atoms with E-state index in [1.54, 1.807) is 7.11 Å².